The van der Waals surface area contributed by atoms with Gasteiger partial charge in [-0.25, -0.2) is 0 Å². The molecule has 0 aromatic heterocycles. The van der Waals surface area contributed by atoms with Gasteiger partial charge in [0.05, 0.1) is 18.2 Å². The molecule has 2 aromatic carbocycles. The molecule has 108 valence electrons. The standard InChI is InChI=1S/C16H12BrClO3/c17-11-4-2-10(3-5-11)16(19)12-8-14-15(9-13(12)18)21-7-1-6-20-14/h2-5,8-9H,1,6-7H2. The largest absolute Gasteiger partial charge is 0.490 e. The Morgan fingerprint density at radius 3 is 2.33 bits per heavy atom. The van der Waals surface area contributed by atoms with Crippen molar-refractivity contribution < 1.29 is 14.3 Å². The molecule has 0 N–H and O–H groups in total. The van der Waals surface area contributed by atoms with E-state index in [4.69, 9.17) is 21.1 Å². The van der Waals surface area contributed by atoms with Crippen LogP contribution < -0.4 is 9.47 Å². The van der Waals surface area contributed by atoms with E-state index in [-0.39, 0.29) is 5.78 Å². The zero-order valence-corrected chi connectivity index (χ0v) is 13.4. The number of benzene rings is 2. The van der Waals surface area contributed by atoms with Gasteiger partial charge in [0.1, 0.15) is 0 Å². The Kier molecular flexibility index (Phi) is 4.17. The first-order valence-corrected chi connectivity index (χ1v) is 7.71. The highest BCUT2D eigenvalue weighted by Crippen LogP contribution is 2.36. The molecule has 0 saturated heterocycles. The van der Waals surface area contributed by atoms with Crippen molar-refractivity contribution in [1.82, 2.24) is 0 Å². The van der Waals surface area contributed by atoms with E-state index in [1.807, 2.05) is 12.1 Å². The lowest BCUT2D eigenvalue weighted by atomic mass is 10.0. The topological polar surface area (TPSA) is 35.5 Å². The summed E-state index contributed by atoms with van der Waals surface area (Å²) in [6.07, 6.45) is 0.808. The first-order chi connectivity index (χ1) is 10.1. The van der Waals surface area contributed by atoms with Crippen molar-refractivity contribution in [3.8, 4) is 11.5 Å². The Morgan fingerprint density at radius 1 is 1.05 bits per heavy atom. The van der Waals surface area contributed by atoms with Crippen molar-refractivity contribution in [2.24, 2.45) is 0 Å². The summed E-state index contributed by atoms with van der Waals surface area (Å²) in [4.78, 5) is 12.6. The van der Waals surface area contributed by atoms with Crippen molar-refractivity contribution in [1.29, 1.82) is 0 Å². The lowest BCUT2D eigenvalue weighted by molar-refractivity contribution is 0.103. The molecule has 0 unspecified atom stereocenters. The molecular formula is C16H12BrClO3. The quantitative estimate of drug-likeness (QED) is 0.733. The van der Waals surface area contributed by atoms with Crippen molar-refractivity contribution >= 4 is 33.3 Å². The minimum absolute atomic E-state index is 0.136. The lowest BCUT2D eigenvalue weighted by Gasteiger charge is -2.11. The molecule has 0 aliphatic carbocycles. The van der Waals surface area contributed by atoms with E-state index < -0.39 is 0 Å². The number of ether oxygens (including phenoxy) is 2. The molecule has 0 bridgehead atoms. The van der Waals surface area contributed by atoms with Gasteiger partial charge in [0.15, 0.2) is 17.3 Å². The van der Waals surface area contributed by atoms with Crippen molar-refractivity contribution in [2.45, 2.75) is 6.42 Å². The first kappa shape index (κ1) is 14.4. The van der Waals surface area contributed by atoms with E-state index in [1.165, 1.54) is 0 Å². The molecule has 21 heavy (non-hydrogen) atoms. The highest BCUT2D eigenvalue weighted by atomic mass is 79.9. The zero-order chi connectivity index (χ0) is 14.8. The molecule has 0 spiro atoms. The highest BCUT2D eigenvalue weighted by molar-refractivity contribution is 9.10. The summed E-state index contributed by atoms with van der Waals surface area (Å²) in [5.74, 6) is 1.02. The summed E-state index contributed by atoms with van der Waals surface area (Å²) in [5.41, 5.74) is 0.998. The maximum atomic E-state index is 12.6. The monoisotopic (exact) mass is 366 g/mol. The molecule has 3 nitrogen and oxygen atoms in total. The number of hydrogen-bond donors (Lipinski definition) is 0. The van der Waals surface area contributed by atoms with Gasteiger partial charge in [0.25, 0.3) is 0 Å². The fourth-order valence-corrected chi connectivity index (χ4v) is 2.62. The molecule has 0 saturated carbocycles. The molecular weight excluding hydrogens is 356 g/mol. The predicted molar refractivity (Wildman–Crippen MR) is 84.6 cm³/mol. The minimum Gasteiger partial charge on any atom is -0.490 e. The van der Waals surface area contributed by atoms with Crippen molar-refractivity contribution in [3.63, 3.8) is 0 Å². The molecule has 1 aliphatic heterocycles. The third-order valence-corrected chi connectivity index (χ3v) is 4.03. The Bertz CT molecular complexity index is 683. The van der Waals surface area contributed by atoms with Gasteiger partial charge in [0.2, 0.25) is 0 Å². The van der Waals surface area contributed by atoms with Gasteiger partial charge < -0.3 is 9.47 Å². The van der Waals surface area contributed by atoms with Crippen LogP contribution in [0.15, 0.2) is 40.9 Å². The fraction of sp³-hybridized carbons (Fsp3) is 0.188. The van der Waals surface area contributed by atoms with E-state index in [2.05, 4.69) is 15.9 Å². The third-order valence-electron chi connectivity index (χ3n) is 3.19. The Balaban J connectivity index is 2.00. The molecule has 2 aromatic rings. The van der Waals surface area contributed by atoms with Crippen molar-refractivity contribution in [2.75, 3.05) is 13.2 Å². The van der Waals surface area contributed by atoms with Crippen LogP contribution in [-0.4, -0.2) is 19.0 Å². The number of carbonyl (C=O) groups excluding carboxylic acids is 1. The van der Waals surface area contributed by atoms with E-state index in [0.717, 1.165) is 10.9 Å². The summed E-state index contributed by atoms with van der Waals surface area (Å²) in [6, 6.07) is 10.5. The molecule has 5 heteroatoms. The fourth-order valence-electron chi connectivity index (χ4n) is 2.11. The minimum atomic E-state index is -0.136. The summed E-state index contributed by atoms with van der Waals surface area (Å²) >= 11 is 9.57. The van der Waals surface area contributed by atoms with Crippen LogP contribution >= 0.6 is 27.5 Å². The maximum absolute atomic E-state index is 12.6. The molecule has 0 radical (unpaired) electrons. The van der Waals surface area contributed by atoms with E-state index in [9.17, 15) is 4.79 Å². The molecule has 1 aliphatic rings. The maximum Gasteiger partial charge on any atom is 0.194 e. The van der Waals surface area contributed by atoms with Gasteiger partial charge in [-0.2, -0.15) is 0 Å². The predicted octanol–water partition coefficient (Wildman–Crippen LogP) is 4.49. The van der Waals surface area contributed by atoms with Gasteiger partial charge in [0, 0.05) is 28.1 Å². The normalized spacial score (nSPS) is 13.6. The second-order valence-corrected chi connectivity index (χ2v) is 5.99. The second-order valence-electron chi connectivity index (χ2n) is 4.67. The van der Waals surface area contributed by atoms with Gasteiger partial charge in [-0.15, -0.1) is 0 Å². The second kappa shape index (κ2) is 6.08. The van der Waals surface area contributed by atoms with Crippen LogP contribution in [-0.2, 0) is 0 Å². The van der Waals surface area contributed by atoms with Crippen LogP contribution in [0.5, 0.6) is 11.5 Å². The van der Waals surface area contributed by atoms with Crippen LogP contribution in [0.3, 0.4) is 0 Å². The SMILES string of the molecule is O=C(c1ccc(Br)cc1)c1cc2c(cc1Cl)OCCCO2. The number of ketones is 1. The summed E-state index contributed by atoms with van der Waals surface area (Å²) in [5, 5.41) is 0.368. The number of rotatable bonds is 2. The summed E-state index contributed by atoms with van der Waals surface area (Å²) in [6.45, 7) is 1.16. The highest BCUT2D eigenvalue weighted by Gasteiger charge is 2.19. The Morgan fingerprint density at radius 2 is 1.67 bits per heavy atom. The molecule has 0 fully saturated rings. The molecule has 1 heterocycles. The van der Waals surface area contributed by atoms with Crippen LogP contribution in [0.2, 0.25) is 5.02 Å². The average Bonchev–Trinajstić information content (AvgIpc) is 2.71. The first-order valence-electron chi connectivity index (χ1n) is 6.54. The van der Waals surface area contributed by atoms with Gasteiger partial charge in [-0.3, -0.25) is 4.79 Å². The van der Waals surface area contributed by atoms with Gasteiger partial charge in [-0.05, 0) is 30.3 Å². The van der Waals surface area contributed by atoms with Crippen LogP contribution in [0.1, 0.15) is 22.3 Å². The Labute approximate surface area is 136 Å². The number of halogens is 2. The van der Waals surface area contributed by atoms with E-state index in [0.29, 0.717) is 40.9 Å². The molecule has 3 rings (SSSR count). The molecule has 0 atom stereocenters. The van der Waals surface area contributed by atoms with Crippen LogP contribution in [0.25, 0.3) is 0 Å². The van der Waals surface area contributed by atoms with E-state index >= 15 is 0 Å². The summed E-state index contributed by atoms with van der Waals surface area (Å²) < 4.78 is 12.1. The lowest BCUT2D eigenvalue weighted by Crippen LogP contribution is -2.03. The summed E-state index contributed by atoms with van der Waals surface area (Å²) in [7, 11) is 0. The smallest absolute Gasteiger partial charge is 0.194 e. The zero-order valence-electron chi connectivity index (χ0n) is 11.1. The van der Waals surface area contributed by atoms with Crippen molar-refractivity contribution in [3.05, 3.63) is 57.0 Å². The Hall–Kier alpha value is -1.52. The van der Waals surface area contributed by atoms with Gasteiger partial charge >= 0.3 is 0 Å². The van der Waals surface area contributed by atoms with Gasteiger partial charge in [-0.1, -0.05) is 27.5 Å². The van der Waals surface area contributed by atoms with Crippen LogP contribution in [0, 0.1) is 0 Å². The molecule has 0 amide bonds. The number of carbonyl (C=O) groups is 1. The van der Waals surface area contributed by atoms with Crippen LogP contribution in [0.4, 0.5) is 0 Å². The number of hydrogen-bond acceptors (Lipinski definition) is 3. The number of fused-ring (bicyclic) bond motifs is 1. The van der Waals surface area contributed by atoms with E-state index in [1.54, 1.807) is 24.3 Å². The average molecular weight is 368 g/mol. The third kappa shape index (κ3) is 3.06.